The largest absolute Gasteiger partial charge is 0.359 e. The molecule has 5 nitrogen and oxygen atoms in total. The van der Waals surface area contributed by atoms with Crippen LogP contribution in [0, 0.1) is 6.92 Å². The highest BCUT2D eigenvalue weighted by molar-refractivity contribution is 5.91. The number of aliphatic imine (C=N–C) groups is 1. The van der Waals surface area contributed by atoms with Crippen molar-refractivity contribution in [1.29, 1.82) is 0 Å². The van der Waals surface area contributed by atoms with E-state index >= 15 is 0 Å². The third-order valence-corrected chi connectivity index (χ3v) is 1.40. The fourth-order valence-electron chi connectivity index (χ4n) is 0.819. The molecule has 1 heterocycles. The van der Waals surface area contributed by atoms with Crippen LogP contribution in [0.4, 0.5) is 5.95 Å². The maximum atomic E-state index is 4.06. The lowest BCUT2D eigenvalue weighted by Gasteiger charge is -2.03. The van der Waals surface area contributed by atoms with E-state index in [1.54, 1.807) is 20.3 Å². The van der Waals surface area contributed by atoms with Crippen molar-refractivity contribution in [1.82, 2.24) is 15.3 Å². The van der Waals surface area contributed by atoms with Crippen LogP contribution >= 0.6 is 0 Å². The quantitative estimate of drug-likeness (QED) is 0.417. The summed E-state index contributed by atoms with van der Waals surface area (Å²) < 4.78 is 0. The second-order valence-corrected chi connectivity index (χ2v) is 2.36. The number of rotatable bonds is 1. The van der Waals surface area contributed by atoms with Crippen LogP contribution in [0.3, 0.4) is 0 Å². The summed E-state index contributed by atoms with van der Waals surface area (Å²) in [5.41, 5.74) is 1.02. The molecule has 0 atom stereocenters. The van der Waals surface area contributed by atoms with Gasteiger partial charge in [0.25, 0.3) is 0 Å². The summed E-state index contributed by atoms with van der Waals surface area (Å²) >= 11 is 0. The van der Waals surface area contributed by atoms with E-state index in [-0.39, 0.29) is 0 Å². The van der Waals surface area contributed by atoms with Gasteiger partial charge in [0.15, 0.2) is 5.96 Å². The predicted octanol–water partition coefficient (Wildman–Crippen LogP) is 0.335. The van der Waals surface area contributed by atoms with Gasteiger partial charge in [0.05, 0.1) is 0 Å². The standard InChI is InChI=1S/C7H13N5/c1-5-4-10-7(11-5)12-6(8-2)9-3/h4H,1-3H3,(H3,8,9,10,11,12). The molecule has 0 aliphatic heterocycles. The zero-order valence-corrected chi connectivity index (χ0v) is 7.47. The molecule has 0 spiro atoms. The Morgan fingerprint density at radius 1 is 1.67 bits per heavy atom. The Morgan fingerprint density at radius 3 is 2.83 bits per heavy atom. The van der Waals surface area contributed by atoms with Gasteiger partial charge in [-0.05, 0) is 6.92 Å². The predicted molar refractivity (Wildman–Crippen MR) is 49.4 cm³/mol. The molecule has 0 bridgehead atoms. The summed E-state index contributed by atoms with van der Waals surface area (Å²) in [4.78, 5) is 11.0. The van der Waals surface area contributed by atoms with Gasteiger partial charge in [-0.2, -0.15) is 0 Å². The lowest BCUT2D eigenvalue weighted by atomic mass is 10.6. The first kappa shape index (κ1) is 8.58. The van der Waals surface area contributed by atoms with E-state index in [1.165, 1.54) is 0 Å². The van der Waals surface area contributed by atoms with Crippen LogP contribution < -0.4 is 10.6 Å². The topological polar surface area (TPSA) is 65.1 Å². The molecule has 1 rings (SSSR count). The Kier molecular flexibility index (Phi) is 2.68. The molecule has 66 valence electrons. The van der Waals surface area contributed by atoms with Gasteiger partial charge in [-0.3, -0.25) is 10.3 Å². The number of aryl methyl sites for hydroxylation is 1. The number of nitrogens with zero attached hydrogens (tertiary/aromatic N) is 2. The fraction of sp³-hybridized carbons (Fsp3) is 0.429. The number of H-pyrrole nitrogens is 1. The van der Waals surface area contributed by atoms with Crippen molar-refractivity contribution in [2.24, 2.45) is 4.99 Å². The first-order valence-corrected chi connectivity index (χ1v) is 3.69. The Hall–Kier alpha value is -1.52. The first-order chi connectivity index (χ1) is 5.76. The number of aromatic amines is 1. The van der Waals surface area contributed by atoms with Gasteiger partial charge in [-0.25, -0.2) is 4.98 Å². The number of guanidine groups is 1. The van der Waals surface area contributed by atoms with Crippen molar-refractivity contribution in [2.45, 2.75) is 6.92 Å². The van der Waals surface area contributed by atoms with Crippen LogP contribution in [-0.4, -0.2) is 30.0 Å². The smallest absolute Gasteiger partial charge is 0.207 e. The van der Waals surface area contributed by atoms with Crippen LogP contribution in [0.25, 0.3) is 0 Å². The second kappa shape index (κ2) is 3.75. The zero-order chi connectivity index (χ0) is 8.97. The molecular weight excluding hydrogens is 154 g/mol. The highest BCUT2D eigenvalue weighted by Gasteiger charge is 1.98. The molecule has 3 N–H and O–H groups in total. The van der Waals surface area contributed by atoms with E-state index in [0.717, 1.165) is 5.69 Å². The van der Waals surface area contributed by atoms with Gasteiger partial charge in [0.1, 0.15) is 0 Å². The average Bonchev–Trinajstić information content (AvgIpc) is 2.47. The van der Waals surface area contributed by atoms with E-state index in [0.29, 0.717) is 11.9 Å². The van der Waals surface area contributed by atoms with Gasteiger partial charge < -0.3 is 10.3 Å². The summed E-state index contributed by atoms with van der Waals surface area (Å²) in [6.07, 6.45) is 1.76. The molecule has 0 saturated carbocycles. The Balaban J connectivity index is 2.63. The number of anilines is 1. The molecule has 0 unspecified atom stereocenters. The van der Waals surface area contributed by atoms with Gasteiger partial charge in [-0.15, -0.1) is 0 Å². The van der Waals surface area contributed by atoms with E-state index in [2.05, 4.69) is 25.6 Å². The average molecular weight is 167 g/mol. The lowest BCUT2D eigenvalue weighted by Crippen LogP contribution is -2.27. The molecule has 5 heteroatoms. The van der Waals surface area contributed by atoms with Gasteiger partial charge >= 0.3 is 0 Å². The Bertz CT molecular complexity index is 275. The highest BCUT2D eigenvalue weighted by Crippen LogP contribution is 1.99. The number of nitrogens with one attached hydrogen (secondary N) is 3. The number of hydrogen-bond donors (Lipinski definition) is 3. The molecule has 0 saturated heterocycles. The minimum absolute atomic E-state index is 0.685. The summed E-state index contributed by atoms with van der Waals surface area (Å²) in [6.45, 7) is 1.94. The number of aromatic nitrogens is 2. The van der Waals surface area contributed by atoms with E-state index in [1.807, 2.05) is 6.92 Å². The molecule has 0 aliphatic rings. The van der Waals surface area contributed by atoms with E-state index in [4.69, 9.17) is 0 Å². The molecule has 0 amide bonds. The van der Waals surface area contributed by atoms with Gasteiger partial charge in [0.2, 0.25) is 5.95 Å². The summed E-state index contributed by atoms with van der Waals surface area (Å²) in [7, 11) is 3.50. The number of imidazole rings is 1. The molecule has 0 radical (unpaired) electrons. The van der Waals surface area contributed by atoms with E-state index < -0.39 is 0 Å². The summed E-state index contributed by atoms with van der Waals surface area (Å²) in [6, 6.07) is 0. The Morgan fingerprint density at radius 2 is 2.42 bits per heavy atom. The van der Waals surface area contributed by atoms with Crippen LogP contribution in [0.1, 0.15) is 5.69 Å². The second-order valence-electron chi connectivity index (χ2n) is 2.36. The molecule has 0 aromatic carbocycles. The zero-order valence-electron chi connectivity index (χ0n) is 7.47. The number of hydrogen-bond acceptors (Lipinski definition) is 2. The van der Waals surface area contributed by atoms with Crippen LogP contribution in [0.5, 0.6) is 0 Å². The van der Waals surface area contributed by atoms with Crippen molar-refractivity contribution >= 4 is 11.9 Å². The maximum Gasteiger partial charge on any atom is 0.207 e. The molecular formula is C7H13N5. The van der Waals surface area contributed by atoms with Crippen molar-refractivity contribution in [2.75, 3.05) is 19.4 Å². The van der Waals surface area contributed by atoms with Crippen molar-refractivity contribution in [3.63, 3.8) is 0 Å². The van der Waals surface area contributed by atoms with Gasteiger partial charge in [-0.1, -0.05) is 0 Å². The van der Waals surface area contributed by atoms with Crippen molar-refractivity contribution < 1.29 is 0 Å². The third kappa shape index (κ3) is 1.98. The minimum Gasteiger partial charge on any atom is -0.359 e. The van der Waals surface area contributed by atoms with Gasteiger partial charge in [0, 0.05) is 26.0 Å². The monoisotopic (exact) mass is 167 g/mol. The Labute approximate surface area is 71.3 Å². The normalized spacial score (nSPS) is 11.4. The SMILES string of the molecule is CN=C(NC)Nc1ncc(C)[nH]1. The van der Waals surface area contributed by atoms with Crippen molar-refractivity contribution in [3.8, 4) is 0 Å². The van der Waals surface area contributed by atoms with Crippen LogP contribution in [-0.2, 0) is 0 Å². The molecule has 12 heavy (non-hydrogen) atoms. The summed E-state index contributed by atoms with van der Waals surface area (Å²) in [5, 5.41) is 5.86. The third-order valence-electron chi connectivity index (χ3n) is 1.40. The highest BCUT2D eigenvalue weighted by atomic mass is 15.2. The molecule has 0 aliphatic carbocycles. The maximum absolute atomic E-state index is 4.06. The van der Waals surface area contributed by atoms with Crippen LogP contribution in [0.15, 0.2) is 11.2 Å². The first-order valence-electron chi connectivity index (χ1n) is 3.69. The fourth-order valence-corrected chi connectivity index (χ4v) is 0.819. The van der Waals surface area contributed by atoms with Crippen molar-refractivity contribution in [3.05, 3.63) is 11.9 Å². The summed E-state index contributed by atoms with van der Waals surface area (Å²) in [5.74, 6) is 1.38. The minimum atomic E-state index is 0.685. The molecule has 1 aromatic rings. The van der Waals surface area contributed by atoms with E-state index in [9.17, 15) is 0 Å². The lowest BCUT2D eigenvalue weighted by molar-refractivity contribution is 1.12. The van der Waals surface area contributed by atoms with Crippen LogP contribution in [0.2, 0.25) is 0 Å². The molecule has 1 aromatic heterocycles. The molecule has 0 fully saturated rings.